The van der Waals surface area contributed by atoms with Crippen molar-refractivity contribution in [2.75, 3.05) is 46.4 Å². The molecule has 0 bridgehead atoms. The highest BCUT2D eigenvalue weighted by molar-refractivity contribution is 5.80. The molecule has 2 N–H and O–H groups in total. The molecule has 0 aromatic heterocycles. The monoisotopic (exact) mass is 389 g/mol. The average Bonchev–Trinajstić information content (AvgIpc) is 2.67. The molecule has 156 valence electrons. The second kappa shape index (κ2) is 9.27. The lowest BCUT2D eigenvalue weighted by molar-refractivity contribution is -1.02. The van der Waals surface area contributed by atoms with E-state index in [1.54, 1.807) is 12.0 Å². The SMILES string of the molecule is COc1ccc(C)cc1C[NH+]1CC[NH+]([C@@H](C)C(=O)N2C[C@H](C)C[C@H](C)C2)CC1. The third-order valence-electron chi connectivity index (χ3n) is 6.64. The van der Waals surface area contributed by atoms with E-state index in [-0.39, 0.29) is 6.04 Å². The second-order valence-electron chi connectivity index (χ2n) is 9.31. The number of methoxy groups -OCH3 is 1. The minimum absolute atomic E-state index is 0.0764. The Balaban J connectivity index is 1.53. The number of carbonyl (C=O) groups excluding carboxylic acids is 1. The Bertz CT molecular complexity index is 660. The minimum atomic E-state index is 0.0764. The summed E-state index contributed by atoms with van der Waals surface area (Å²) in [5, 5.41) is 0. The van der Waals surface area contributed by atoms with E-state index in [2.05, 4.69) is 50.8 Å². The molecule has 2 aliphatic rings. The Morgan fingerprint density at radius 2 is 1.82 bits per heavy atom. The summed E-state index contributed by atoms with van der Waals surface area (Å²) in [6, 6.07) is 6.51. The van der Waals surface area contributed by atoms with Crippen molar-refractivity contribution in [1.29, 1.82) is 0 Å². The number of rotatable bonds is 5. The van der Waals surface area contributed by atoms with Gasteiger partial charge >= 0.3 is 0 Å². The number of hydrogen-bond donors (Lipinski definition) is 2. The van der Waals surface area contributed by atoms with Crippen molar-refractivity contribution in [2.24, 2.45) is 11.8 Å². The zero-order valence-electron chi connectivity index (χ0n) is 18.4. The number of amides is 1. The molecule has 2 heterocycles. The van der Waals surface area contributed by atoms with Crippen molar-refractivity contribution in [3.63, 3.8) is 0 Å². The highest BCUT2D eigenvalue weighted by Crippen LogP contribution is 2.21. The van der Waals surface area contributed by atoms with Gasteiger partial charge in [0.25, 0.3) is 5.91 Å². The molecule has 2 fully saturated rings. The quantitative estimate of drug-likeness (QED) is 0.754. The molecule has 5 heteroatoms. The van der Waals surface area contributed by atoms with E-state index in [9.17, 15) is 4.79 Å². The highest BCUT2D eigenvalue weighted by atomic mass is 16.5. The van der Waals surface area contributed by atoms with Crippen LogP contribution in [0.15, 0.2) is 18.2 Å². The lowest BCUT2D eigenvalue weighted by Crippen LogP contribution is -3.29. The van der Waals surface area contributed by atoms with Gasteiger partial charge in [-0.05, 0) is 44.2 Å². The lowest BCUT2D eigenvalue weighted by atomic mass is 9.91. The van der Waals surface area contributed by atoms with Crippen LogP contribution in [-0.2, 0) is 11.3 Å². The van der Waals surface area contributed by atoms with Crippen LogP contribution in [0.25, 0.3) is 0 Å². The fraction of sp³-hybridized carbons (Fsp3) is 0.696. The number of likely N-dealkylation sites (tertiary alicyclic amines) is 1. The third kappa shape index (κ3) is 5.06. The zero-order chi connectivity index (χ0) is 20.3. The summed E-state index contributed by atoms with van der Waals surface area (Å²) < 4.78 is 5.55. The molecule has 0 unspecified atom stereocenters. The molecule has 0 saturated carbocycles. The van der Waals surface area contributed by atoms with Gasteiger partial charge in [-0.2, -0.15) is 0 Å². The van der Waals surface area contributed by atoms with Gasteiger partial charge in [-0.25, -0.2) is 0 Å². The normalized spacial score (nSPS) is 29.4. The first-order chi connectivity index (χ1) is 13.4. The molecule has 5 nitrogen and oxygen atoms in total. The Labute approximate surface area is 170 Å². The number of nitrogens with zero attached hydrogens (tertiary/aromatic N) is 1. The van der Waals surface area contributed by atoms with Gasteiger partial charge in [0, 0.05) is 18.7 Å². The largest absolute Gasteiger partial charge is 0.496 e. The smallest absolute Gasteiger partial charge is 0.280 e. The molecule has 0 spiro atoms. The van der Waals surface area contributed by atoms with E-state index in [0.717, 1.165) is 51.6 Å². The first-order valence-electron chi connectivity index (χ1n) is 11.0. The molecule has 3 rings (SSSR count). The summed E-state index contributed by atoms with van der Waals surface area (Å²) in [7, 11) is 1.75. The van der Waals surface area contributed by atoms with E-state index in [1.165, 1.54) is 22.4 Å². The number of nitrogens with one attached hydrogen (secondary N) is 2. The Hall–Kier alpha value is -1.59. The third-order valence-corrected chi connectivity index (χ3v) is 6.64. The first-order valence-corrected chi connectivity index (χ1v) is 11.0. The number of piperazine rings is 1. The van der Waals surface area contributed by atoms with Gasteiger partial charge in [0.2, 0.25) is 0 Å². The fourth-order valence-corrected chi connectivity index (χ4v) is 5.14. The van der Waals surface area contributed by atoms with E-state index in [1.807, 2.05) is 0 Å². The van der Waals surface area contributed by atoms with Gasteiger partial charge in [0.15, 0.2) is 6.04 Å². The summed E-state index contributed by atoms with van der Waals surface area (Å²) >= 11 is 0. The number of aryl methyl sites for hydroxylation is 1. The molecule has 2 aliphatic heterocycles. The van der Waals surface area contributed by atoms with Gasteiger partial charge < -0.3 is 19.4 Å². The number of ether oxygens (including phenoxy) is 1. The van der Waals surface area contributed by atoms with Gasteiger partial charge in [0.05, 0.1) is 7.11 Å². The first kappa shape index (κ1) is 21.1. The Morgan fingerprint density at radius 1 is 1.18 bits per heavy atom. The molecule has 0 radical (unpaired) electrons. The molecular weight excluding hydrogens is 350 g/mol. The summed E-state index contributed by atoms with van der Waals surface area (Å²) in [6.07, 6.45) is 1.25. The average molecular weight is 390 g/mol. The van der Waals surface area contributed by atoms with Crippen LogP contribution < -0.4 is 14.5 Å². The van der Waals surface area contributed by atoms with Crippen LogP contribution in [0.1, 0.15) is 38.3 Å². The van der Waals surface area contributed by atoms with E-state index in [0.29, 0.717) is 17.7 Å². The summed E-state index contributed by atoms with van der Waals surface area (Å²) in [6.45, 7) is 16.0. The molecule has 2 saturated heterocycles. The molecular formula is C23H39N3O2+2. The maximum atomic E-state index is 13.1. The van der Waals surface area contributed by atoms with Gasteiger partial charge in [0.1, 0.15) is 38.5 Å². The molecule has 1 aromatic carbocycles. The van der Waals surface area contributed by atoms with Crippen molar-refractivity contribution in [1.82, 2.24) is 4.90 Å². The van der Waals surface area contributed by atoms with Crippen LogP contribution in [-0.4, -0.2) is 63.2 Å². The molecule has 3 atom stereocenters. The van der Waals surface area contributed by atoms with Crippen molar-refractivity contribution >= 4 is 5.91 Å². The number of hydrogen-bond acceptors (Lipinski definition) is 2. The number of quaternary nitrogens is 2. The standard InChI is InChI=1S/C23H37N3O2/c1-17-6-7-22(28-5)21(13-17)16-24-8-10-25(11-9-24)20(4)23(27)26-14-18(2)12-19(3)15-26/h6-7,13,18-20H,8-12,14-16H2,1-5H3/p+2/t18-,19+,20-/m0/s1. The van der Waals surface area contributed by atoms with Crippen LogP contribution in [0.3, 0.4) is 0 Å². The molecule has 28 heavy (non-hydrogen) atoms. The second-order valence-corrected chi connectivity index (χ2v) is 9.31. The van der Waals surface area contributed by atoms with Crippen LogP contribution in [0, 0.1) is 18.8 Å². The zero-order valence-corrected chi connectivity index (χ0v) is 18.4. The molecule has 0 aliphatic carbocycles. The maximum Gasteiger partial charge on any atom is 0.280 e. The Kier molecular flexibility index (Phi) is 7.00. The highest BCUT2D eigenvalue weighted by Gasteiger charge is 2.35. The van der Waals surface area contributed by atoms with Gasteiger partial charge in [-0.3, -0.25) is 4.79 Å². The number of benzene rings is 1. The predicted octanol–water partition coefficient (Wildman–Crippen LogP) is 0.180. The van der Waals surface area contributed by atoms with Crippen molar-refractivity contribution < 1.29 is 19.3 Å². The fourth-order valence-electron chi connectivity index (χ4n) is 5.14. The van der Waals surface area contributed by atoms with Crippen molar-refractivity contribution in [3.05, 3.63) is 29.3 Å². The Morgan fingerprint density at radius 3 is 2.43 bits per heavy atom. The van der Waals surface area contributed by atoms with Crippen LogP contribution in [0.4, 0.5) is 0 Å². The summed E-state index contributed by atoms with van der Waals surface area (Å²) in [5.41, 5.74) is 2.57. The van der Waals surface area contributed by atoms with Crippen LogP contribution >= 0.6 is 0 Å². The lowest BCUT2D eigenvalue weighted by Gasteiger charge is -2.39. The topological polar surface area (TPSA) is 38.4 Å². The number of carbonyl (C=O) groups is 1. The predicted molar refractivity (Wildman–Crippen MR) is 112 cm³/mol. The van der Waals surface area contributed by atoms with E-state index < -0.39 is 0 Å². The van der Waals surface area contributed by atoms with Crippen LogP contribution in [0.5, 0.6) is 5.75 Å². The molecule has 1 aromatic rings. The summed E-state index contributed by atoms with van der Waals surface area (Å²) in [4.78, 5) is 18.2. The number of piperidine rings is 1. The van der Waals surface area contributed by atoms with Gasteiger partial charge in [-0.1, -0.05) is 25.5 Å². The molecule has 1 amide bonds. The van der Waals surface area contributed by atoms with Crippen molar-refractivity contribution in [3.8, 4) is 5.75 Å². The van der Waals surface area contributed by atoms with Gasteiger partial charge in [-0.15, -0.1) is 0 Å². The minimum Gasteiger partial charge on any atom is -0.496 e. The van der Waals surface area contributed by atoms with E-state index >= 15 is 0 Å². The van der Waals surface area contributed by atoms with Crippen LogP contribution in [0.2, 0.25) is 0 Å². The van der Waals surface area contributed by atoms with E-state index in [4.69, 9.17) is 4.74 Å². The van der Waals surface area contributed by atoms with Crippen molar-refractivity contribution in [2.45, 2.75) is 46.7 Å². The summed E-state index contributed by atoms with van der Waals surface area (Å²) in [5.74, 6) is 2.60. The maximum absolute atomic E-state index is 13.1.